The Labute approximate surface area is 174 Å². The minimum atomic E-state index is -3.82. The van der Waals surface area contributed by atoms with Crippen LogP contribution in [0.1, 0.15) is 19.8 Å². The molecule has 2 aromatic carbocycles. The van der Waals surface area contributed by atoms with Crippen LogP contribution < -0.4 is 4.31 Å². The van der Waals surface area contributed by atoms with Crippen LogP contribution in [-0.2, 0) is 10.0 Å². The first-order valence-corrected chi connectivity index (χ1v) is 12.0. The van der Waals surface area contributed by atoms with Crippen molar-refractivity contribution in [2.24, 2.45) is 0 Å². The Morgan fingerprint density at radius 1 is 1.04 bits per heavy atom. The minimum Gasteiger partial charge on any atom is -0.262 e. The highest BCUT2D eigenvalue weighted by Gasteiger charge is 2.31. The molecule has 0 radical (unpaired) electrons. The Balaban J connectivity index is 2.52. The molecule has 0 spiro atoms. The maximum absolute atomic E-state index is 13.4. The second-order valence-corrected chi connectivity index (χ2v) is 9.92. The summed E-state index contributed by atoms with van der Waals surface area (Å²) in [6.07, 6.45) is 3.63. The first-order chi connectivity index (χ1) is 12.3. The van der Waals surface area contributed by atoms with Gasteiger partial charge in [-0.05, 0) is 74.2 Å². The SMILES string of the molecule is CSCCCC(C)N(c1cc(Cl)ccc1Cl)S(=O)(=O)c1ccc(Cl)cc1. The molecule has 2 rings (SSSR count). The van der Waals surface area contributed by atoms with Gasteiger partial charge in [0.25, 0.3) is 10.0 Å². The number of thioether (sulfide) groups is 1. The number of anilines is 1. The van der Waals surface area contributed by atoms with Crippen molar-refractivity contribution >= 4 is 62.3 Å². The molecule has 0 saturated carbocycles. The molecule has 3 nitrogen and oxygen atoms in total. The minimum absolute atomic E-state index is 0.162. The lowest BCUT2D eigenvalue weighted by atomic mass is 10.2. The Morgan fingerprint density at radius 2 is 1.65 bits per heavy atom. The average Bonchev–Trinajstić information content (AvgIpc) is 2.58. The van der Waals surface area contributed by atoms with Gasteiger partial charge in [-0.15, -0.1) is 0 Å². The van der Waals surface area contributed by atoms with Gasteiger partial charge in [0.05, 0.1) is 15.6 Å². The normalized spacial score (nSPS) is 12.8. The molecule has 1 unspecified atom stereocenters. The van der Waals surface area contributed by atoms with E-state index in [-0.39, 0.29) is 10.9 Å². The molecular weight excluding hydrogens is 433 g/mol. The van der Waals surface area contributed by atoms with Gasteiger partial charge >= 0.3 is 0 Å². The van der Waals surface area contributed by atoms with E-state index in [2.05, 4.69) is 0 Å². The highest BCUT2D eigenvalue weighted by Crippen LogP contribution is 2.35. The van der Waals surface area contributed by atoms with Gasteiger partial charge in [-0.25, -0.2) is 8.42 Å². The van der Waals surface area contributed by atoms with Gasteiger partial charge in [-0.1, -0.05) is 34.8 Å². The molecule has 0 fully saturated rings. The molecule has 142 valence electrons. The van der Waals surface area contributed by atoms with E-state index in [4.69, 9.17) is 34.8 Å². The summed E-state index contributed by atoms with van der Waals surface area (Å²) < 4.78 is 28.1. The van der Waals surface area contributed by atoms with Crippen LogP contribution in [0, 0.1) is 0 Å². The predicted octanol–water partition coefficient (Wildman–Crippen LogP) is 6.37. The summed E-state index contributed by atoms with van der Waals surface area (Å²) in [6.45, 7) is 1.88. The molecule has 26 heavy (non-hydrogen) atoms. The molecule has 0 heterocycles. The van der Waals surface area contributed by atoms with Crippen molar-refractivity contribution < 1.29 is 8.42 Å². The maximum Gasteiger partial charge on any atom is 0.264 e. The first kappa shape index (κ1) is 21.7. The summed E-state index contributed by atoms with van der Waals surface area (Å²) in [6, 6.07) is 10.7. The molecule has 1 atom stereocenters. The number of rotatable bonds is 8. The van der Waals surface area contributed by atoms with Gasteiger partial charge in [0.2, 0.25) is 0 Å². The Morgan fingerprint density at radius 3 is 2.27 bits per heavy atom. The molecule has 0 aliphatic rings. The van der Waals surface area contributed by atoms with E-state index in [1.807, 2.05) is 13.2 Å². The molecule has 0 aliphatic heterocycles. The van der Waals surface area contributed by atoms with E-state index in [0.29, 0.717) is 27.2 Å². The molecule has 0 aromatic heterocycles. The smallest absolute Gasteiger partial charge is 0.262 e. The zero-order valence-corrected chi connectivity index (χ0v) is 18.4. The summed E-state index contributed by atoms with van der Waals surface area (Å²) in [5.41, 5.74) is 0.380. The number of halogens is 3. The topological polar surface area (TPSA) is 37.4 Å². The van der Waals surface area contributed by atoms with Crippen LogP contribution in [0.25, 0.3) is 0 Å². The molecule has 0 N–H and O–H groups in total. The number of nitrogens with zero attached hydrogens (tertiary/aromatic N) is 1. The fourth-order valence-electron chi connectivity index (χ4n) is 2.62. The fourth-order valence-corrected chi connectivity index (χ4v) is 5.32. The second kappa shape index (κ2) is 9.56. The fraction of sp³-hybridized carbons (Fsp3) is 0.333. The van der Waals surface area contributed by atoms with Gasteiger partial charge in [0, 0.05) is 16.1 Å². The lowest BCUT2D eigenvalue weighted by Crippen LogP contribution is -2.39. The number of benzene rings is 2. The van der Waals surface area contributed by atoms with Crippen LogP contribution in [0.5, 0.6) is 0 Å². The maximum atomic E-state index is 13.4. The second-order valence-electron chi connectivity index (χ2n) is 5.83. The van der Waals surface area contributed by atoms with Gasteiger partial charge < -0.3 is 0 Å². The lowest BCUT2D eigenvalue weighted by Gasteiger charge is -2.31. The van der Waals surface area contributed by atoms with Gasteiger partial charge in [0.1, 0.15) is 0 Å². The zero-order chi connectivity index (χ0) is 19.3. The van der Waals surface area contributed by atoms with Crippen LogP contribution in [0.15, 0.2) is 47.4 Å². The van der Waals surface area contributed by atoms with Crippen molar-refractivity contribution in [3.63, 3.8) is 0 Å². The monoisotopic (exact) mass is 451 g/mol. The molecular formula is C18H20Cl3NO2S2. The number of sulfonamides is 1. The van der Waals surface area contributed by atoms with Crippen LogP contribution in [0.4, 0.5) is 5.69 Å². The molecule has 2 aromatic rings. The summed E-state index contributed by atoms with van der Waals surface area (Å²) in [7, 11) is -3.82. The summed E-state index contributed by atoms with van der Waals surface area (Å²) in [5.74, 6) is 0.961. The van der Waals surface area contributed by atoms with E-state index in [0.717, 1.165) is 12.2 Å². The van der Waals surface area contributed by atoms with Crippen molar-refractivity contribution in [1.29, 1.82) is 0 Å². The summed E-state index contributed by atoms with van der Waals surface area (Å²) in [5, 5.41) is 1.24. The van der Waals surface area contributed by atoms with Crippen molar-refractivity contribution in [3.05, 3.63) is 57.5 Å². The van der Waals surface area contributed by atoms with Crippen LogP contribution in [0.2, 0.25) is 15.1 Å². The summed E-state index contributed by atoms with van der Waals surface area (Å²) in [4.78, 5) is 0.162. The largest absolute Gasteiger partial charge is 0.264 e. The number of hydrogen-bond acceptors (Lipinski definition) is 3. The first-order valence-electron chi connectivity index (χ1n) is 8.01. The molecule has 8 heteroatoms. The van der Waals surface area contributed by atoms with Crippen molar-refractivity contribution in [3.8, 4) is 0 Å². The van der Waals surface area contributed by atoms with Crippen molar-refractivity contribution in [1.82, 2.24) is 0 Å². The van der Waals surface area contributed by atoms with Crippen molar-refractivity contribution in [2.75, 3.05) is 16.3 Å². The van der Waals surface area contributed by atoms with E-state index >= 15 is 0 Å². The number of hydrogen-bond donors (Lipinski definition) is 0. The average molecular weight is 453 g/mol. The third-order valence-electron chi connectivity index (χ3n) is 3.89. The Kier molecular flexibility index (Phi) is 7.98. The Hall–Kier alpha value is -0.590. The molecule has 0 saturated heterocycles. The molecule has 0 aliphatic carbocycles. The highest BCUT2D eigenvalue weighted by molar-refractivity contribution is 7.98. The van der Waals surface area contributed by atoms with Gasteiger partial charge in [0.15, 0.2) is 0 Å². The third-order valence-corrected chi connectivity index (χ3v) is 7.33. The standard InChI is InChI=1S/C18H20Cl3NO2S2/c1-13(4-3-11-25-2)22(18-12-15(20)7-10-17(18)21)26(23,24)16-8-5-14(19)6-9-16/h5-10,12-13H,3-4,11H2,1-2H3. The lowest BCUT2D eigenvalue weighted by molar-refractivity contribution is 0.570. The van der Waals surface area contributed by atoms with Crippen LogP contribution in [0.3, 0.4) is 0 Å². The van der Waals surface area contributed by atoms with E-state index in [9.17, 15) is 8.42 Å². The van der Waals surface area contributed by atoms with Gasteiger partial charge in [-0.2, -0.15) is 11.8 Å². The quantitative estimate of drug-likeness (QED) is 0.436. The third kappa shape index (κ3) is 5.23. The van der Waals surface area contributed by atoms with E-state index < -0.39 is 10.0 Å². The Bertz CT molecular complexity index is 842. The van der Waals surface area contributed by atoms with Crippen LogP contribution >= 0.6 is 46.6 Å². The van der Waals surface area contributed by atoms with E-state index in [1.165, 1.54) is 16.4 Å². The molecule has 0 bridgehead atoms. The summed E-state index contributed by atoms with van der Waals surface area (Å²) >= 11 is 20.1. The van der Waals surface area contributed by atoms with Crippen molar-refractivity contribution in [2.45, 2.75) is 30.7 Å². The van der Waals surface area contributed by atoms with Gasteiger partial charge in [-0.3, -0.25) is 4.31 Å². The highest BCUT2D eigenvalue weighted by atomic mass is 35.5. The van der Waals surface area contributed by atoms with E-state index in [1.54, 1.807) is 42.1 Å². The zero-order valence-electron chi connectivity index (χ0n) is 14.5. The van der Waals surface area contributed by atoms with Crippen LogP contribution in [-0.4, -0.2) is 26.5 Å². The molecule has 0 amide bonds. The predicted molar refractivity (Wildman–Crippen MR) is 115 cm³/mol.